The Kier molecular flexibility index (Phi) is 3.23. The number of hydrogen-bond donors (Lipinski definition) is 1. The standard InChI is InChI=1S/C14H18F3N3O2/c15-14(16,17)22-9-3-8(4-9)12-19-20-13(21-12)10-5-11(18)7-1-6(10)2-7/h6-11H,1-5,18H2. The highest BCUT2D eigenvalue weighted by atomic mass is 19.4. The van der Waals surface area contributed by atoms with Gasteiger partial charge in [0.1, 0.15) is 0 Å². The van der Waals surface area contributed by atoms with Gasteiger partial charge in [0.25, 0.3) is 0 Å². The summed E-state index contributed by atoms with van der Waals surface area (Å²) in [5.41, 5.74) is 6.11. The molecule has 0 saturated heterocycles. The Hall–Kier alpha value is -1.15. The lowest BCUT2D eigenvalue weighted by Crippen LogP contribution is -2.48. The third-order valence-corrected chi connectivity index (χ3v) is 5.43. The van der Waals surface area contributed by atoms with E-state index in [2.05, 4.69) is 14.9 Å². The molecular formula is C14H18F3N3O2. The van der Waals surface area contributed by atoms with Crippen molar-refractivity contribution < 1.29 is 22.3 Å². The lowest BCUT2D eigenvalue weighted by molar-refractivity contribution is -0.352. The lowest BCUT2D eigenvalue weighted by Gasteiger charge is -2.48. The number of nitrogens with zero attached hydrogens (tertiary/aromatic N) is 2. The second kappa shape index (κ2) is 4.92. The molecule has 5 nitrogen and oxygen atoms in total. The van der Waals surface area contributed by atoms with Crippen molar-refractivity contribution in [3.63, 3.8) is 0 Å². The van der Waals surface area contributed by atoms with E-state index in [0.29, 0.717) is 23.6 Å². The minimum Gasteiger partial charge on any atom is -0.425 e. The molecule has 0 spiro atoms. The molecule has 22 heavy (non-hydrogen) atoms. The van der Waals surface area contributed by atoms with E-state index in [1.165, 1.54) is 0 Å². The van der Waals surface area contributed by atoms with Crippen LogP contribution in [0.15, 0.2) is 4.42 Å². The van der Waals surface area contributed by atoms with Crippen LogP contribution in [-0.2, 0) is 4.74 Å². The van der Waals surface area contributed by atoms with Crippen LogP contribution in [-0.4, -0.2) is 28.7 Å². The summed E-state index contributed by atoms with van der Waals surface area (Å²) in [6.07, 6.45) is -1.72. The van der Waals surface area contributed by atoms with Crippen LogP contribution in [0.2, 0.25) is 0 Å². The Morgan fingerprint density at radius 1 is 1.00 bits per heavy atom. The maximum atomic E-state index is 12.1. The third kappa shape index (κ3) is 2.52. The predicted octanol–water partition coefficient (Wildman–Crippen LogP) is 2.69. The van der Waals surface area contributed by atoms with E-state index >= 15 is 0 Å². The molecule has 122 valence electrons. The predicted molar refractivity (Wildman–Crippen MR) is 68.7 cm³/mol. The van der Waals surface area contributed by atoms with Gasteiger partial charge < -0.3 is 10.2 Å². The molecule has 0 amide bonds. The van der Waals surface area contributed by atoms with E-state index in [9.17, 15) is 13.2 Å². The average molecular weight is 317 g/mol. The van der Waals surface area contributed by atoms with Crippen LogP contribution in [0.3, 0.4) is 0 Å². The number of alkyl halides is 3. The summed E-state index contributed by atoms with van der Waals surface area (Å²) in [4.78, 5) is 0. The van der Waals surface area contributed by atoms with Crippen LogP contribution in [0, 0.1) is 11.8 Å². The van der Waals surface area contributed by atoms with Crippen molar-refractivity contribution in [2.24, 2.45) is 17.6 Å². The first-order valence-corrected chi connectivity index (χ1v) is 7.72. The first-order chi connectivity index (χ1) is 10.4. The molecule has 1 aromatic rings. The number of nitrogens with two attached hydrogens (primary N) is 1. The molecule has 4 aliphatic carbocycles. The lowest BCUT2D eigenvalue weighted by atomic mass is 9.58. The zero-order valence-corrected chi connectivity index (χ0v) is 11.9. The van der Waals surface area contributed by atoms with Crippen LogP contribution in [0.25, 0.3) is 0 Å². The molecule has 4 saturated carbocycles. The summed E-state index contributed by atoms with van der Waals surface area (Å²) in [6, 6.07) is 0.193. The van der Waals surface area contributed by atoms with E-state index in [1.807, 2.05) is 0 Å². The first kappa shape index (κ1) is 14.4. The zero-order valence-electron chi connectivity index (χ0n) is 11.9. The largest absolute Gasteiger partial charge is 0.522 e. The number of ether oxygens (including phenoxy) is 1. The maximum Gasteiger partial charge on any atom is 0.522 e. The molecule has 1 heterocycles. The van der Waals surface area contributed by atoms with E-state index in [0.717, 1.165) is 19.3 Å². The minimum atomic E-state index is -4.57. The minimum absolute atomic E-state index is 0.125. The molecule has 2 bridgehead atoms. The fourth-order valence-electron chi connectivity index (χ4n) is 3.98. The number of hydrogen-bond acceptors (Lipinski definition) is 5. The van der Waals surface area contributed by atoms with Crippen molar-refractivity contribution in [1.82, 2.24) is 10.2 Å². The van der Waals surface area contributed by atoms with Crippen LogP contribution in [0.4, 0.5) is 13.2 Å². The van der Waals surface area contributed by atoms with Crippen molar-refractivity contribution in [2.45, 2.75) is 62.4 Å². The van der Waals surface area contributed by atoms with Gasteiger partial charge in [-0.2, -0.15) is 0 Å². The van der Waals surface area contributed by atoms with Crippen LogP contribution in [0.1, 0.15) is 55.7 Å². The Morgan fingerprint density at radius 3 is 2.32 bits per heavy atom. The molecule has 4 aliphatic rings. The van der Waals surface area contributed by atoms with Crippen molar-refractivity contribution in [3.8, 4) is 0 Å². The highest BCUT2D eigenvalue weighted by Gasteiger charge is 2.48. The summed E-state index contributed by atoms with van der Waals surface area (Å²) >= 11 is 0. The van der Waals surface area contributed by atoms with Gasteiger partial charge in [0, 0.05) is 17.9 Å². The maximum absolute atomic E-state index is 12.1. The van der Waals surface area contributed by atoms with Gasteiger partial charge in [-0.15, -0.1) is 23.4 Å². The molecule has 5 rings (SSSR count). The molecule has 2 atom stereocenters. The van der Waals surface area contributed by atoms with E-state index in [4.69, 9.17) is 10.2 Å². The molecule has 1 aromatic heterocycles. The third-order valence-electron chi connectivity index (χ3n) is 5.43. The molecule has 0 aliphatic heterocycles. The molecule has 0 aromatic carbocycles. The van der Waals surface area contributed by atoms with Crippen LogP contribution >= 0.6 is 0 Å². The topological polar surface area (TPSA) is 74.2 Å². The summed E-state index contributed by atoms with van der Waals surface area (Å²) in [5.74, 6) is 2.33. The fraction of sp³-hybridized carbons (Fsp3) is 0.857. The number of aromatic nitrogens is 2. The quantitative estimate of drug-likeness (QED) is 0.928. The molecular weight excluding hydrogens is 299 g/mol. The van der Waals surface area contributed by atoms with E-state index in [-0.39, 0.29) is 30.7 Å². The highest BCUT2D eigenvalue weighted by Crippen LogP contribution is 2.52. The van der Waals surface area contributed by atoms with Gasteiger partial charge in [0.2, 0.25) is 11.8 Å². The second-order valence-electron chi connectivity index (χ2n) is 6.83. The number of fused-ring (bicyclic) bond motifs is 2. The normalized spacial score (nSPS) is 40.9. The molecule has 4 fully saturated rings. The van der Waals surface area contributed by atoms with Gasteiger partial charge in [-0.25, -0.2) is 0 Å². The Morgan fingerprint density at radius 2 is 1.68 bits per heavy atom. The SMILES string of the molecule is NC1CC(c2nnc(C3CC(OC(F)(F)F)C3)o2)C2CC1C2. The first-order valence-electron chi connectivity index (χ1n) is 7.72. The Balaban J connectivity index is 1.37. The van der Waals surface area contributed by atoms with Gasteiger partial charge in [-0.3, -0.25) is 4.74 Å². The van der Waals surface area contributed by atoms with Gasteiger partial charge >= 0.3 is 6.36 Å². The Labute approximate surface area is 125 Å². The summed E-state index contributed by atoms with van der Waals surface area (Å²) in [5, 5.41) is 8.14. The van der Waals surface area contributed by atoms with Gasteiger partial charge in [-0.1, -0.05) is 0 Å². The number of halogens is 3. The molecule has 0 radical (unpaired) electrons. The number of rotatable bonds is 3. The van der Waals surface area contributed by atoms with E-state index < -0.39 is 12.5 Å². The second-order valence-corrected chi connectivity index (χ2v) is 6.83. The molecule has 2 unspecified atom stereocenters. The summed E-state index contributed by atoms with van der Waals surface area (Å²) in [7, 11) is 0. The molecule has 2 N–H and O–H groups in total. The average Bonchev–Trinajstić information content (AvgIpc) is 2.78. The van der Waals surface area contributed by atoms with Gasteiger partial charge in [0.15, 0.2) is 0 Å². The fourth-order valence-corrected chi connectivity index (χ4v) is 3.98. The van der Waals surface area contributed by atoms with Gasteiger partial charge in [0.05, 0.1) is 6.10 Å². The zero-order chi connectivity index (χ0) is 15.5. The smallest absolute Gasteiger partial charge is 0.425 e. The van der Waals surface area contributed by atoms with Crippen molar-refractivity contribution in [1.29, 1.82) is 0 Å². The van der Waals surface area contributed by atoms with Gasteiger partial charge in [-0.05, 0) is 43.9 Å². The van der Waals surface area contributed by atoms with Crippen molar-refractivity contribution in [2.75, 3.05) is 0 Å². The summed E-state index contributed by atoms with van der Waals surface area (Å²) < 4.78 is 46.0. The van der Waals surface area contributed by atoms with Crippen LogP contribution in [0.5, 0.6) is 0 Å². The van der Waals surface area contributed by atoms with Crippen molar-refractivity contribution >= 4 is 0 Å². The van der Waals surface area contributed by atoms with Crippen molar-refractivity contribution in [3.05, 3.63) is 11.8 Å². The molecule has 8 heteroatoms. The monoisotopic (exact) mass is 317 g/mol. The van der Waals surface area contributed by atoms with Crippen LogP contribution < -0.4 is 5.73 Å². The Bertz CT molecular complexity index is 550. The summed E-state index contributed by atoms with van der Waals surface area (Å²) in [6.45, 7) is 0. The van der Waals surface area contributed by atoms with E-state index in [1.54, 1.807) is 0 Å². The highest BCUT2D eigenvalue weighted by molar-refractivity contribution is 5.09.